The molecule has 0 aliphatic carbocycles. The monoisotopic (exact) mass is 316 g/mol. The summed E-state index contributed by atoms with van der Waals surface area (Å²) in [5, 5.41) is 3.03. The molecular formula is C19H28N2O2. The van der Waals surface area contributed by atoms with Crippen molar-refractivity contribution >= 4 is 11.9 Å². The summed E-state index contributed by atoms with van der Waals surface area (Å²) in [6, 6.07) is 9.08. The maximum atomic E-state index is 12.8. The first-order valence-corrected chi connectivity index (χ1v) is 8.18. The van der Waals surface area contributed by atoms with E-state index < -0.39 is 0 Å². The molecule has 4 heteroatoms. The number of imide groups is 1. The van der Waals surface area contributed by atoms with Gasteiger partial charge in [-0.3, -0.25) is 9.69 Å². The van der Waals surface area contributed by atoms with Crippen molar-refractivity contribution < 1.29 is 9.59 Å². The van der Waals surface area contributed by atoms with Crippen molar-refractivity contribution in [3.05, 3.63) is 35.9 Å². The van der Waals surface area contributed by atoms with E-state index in [1.165, 1.54) is 4.90 Å². The smallest absolute Gasteiger partial charge is 0.324 e. The van der Waals surface area contributed by atoms with E-state index >= 15 is 0 Å². The summed E-state index contributed by atoms with van der Waals surface area (Å²) < 4.78 is 0. The summed E-state index contributed by atoms with van der Waals surface area (Å²) in [4.78, 5) is 26.8. The Morgan fingerprint density at radius 2 is 1.61 bits per heavy atom. The van der Waals surface area contributed by atoms with Crippen LogP contribution in [0.15, 0.2) is 30.3 Å². The fourth-order valence-electron chi connectivity index (χ4n) is 3.26. The van der Waals surface area contributed by atoms with Gasteiger partial charge in [0.2, 0.25) is 5.91 Å². The quantitative estimate of drug-likeness (QED) is 0.906. The van der Waals surface area contributed by atoms with Gasteiger partial charge >= 0.3 is 6.03 Å². The molecule has 0 unspecified atom stereocenters. The van der Waals surface area contributed by atoms with Crippen LogP contribution >= 0.6 is 0 Å². The van der Waals surface area contributed by atoms with Crippen LogP contribution in [0.1, 0.15) is 47.1 Å². The summed E-state index contributed by atoms with van der Waals surface area (Å²) in [6.07, 6.45) is 0.248. The summed E-state index contributed by atoms with van der Waals surface area (Å²) >= 11 is 0. The molecule has 1 heterocycles. The molecule has 2 rings (SSSR count). The minimum Gasteiger partial charge on any atom is -0.332 e. The standard InChI is InChI=1S/C19H28N2O2/c1-18(2,3)15-16(19(4,5)6)21(17(23)20-15)14(22)12-13-10-8-7-9-11-13/h7-11,15-16H,12H2,1-6H3,(H,20,23)/t15-,16-/m1/s1. The number of carbonyl (C=O) groups excluding carboxylic acids is 2. The van der Waals surface area contributed by atoms with Crippen LogP contribution in [0.25, 0.3) is 0 Å². The summed E-state index contributed by atoms with van der Waals surface area (Å²) in [5.74, 6) is -0.139. The third-order valence-corrected chi connectivity index (χ3v) is 4.38. The van der Waals surface area contributed by atoms with E-state index in [0.717, 1.165) is 5.56 Å². The highest BCUT2D eigenvalue weighted by Gasteiger charge is 2.52. The number of urea groups is 1. The molecule has 0 aromatic heterocycles. The minimum atomic E-state index is -0.272. The van der Waals surface area contributed by atoms with Crippen LogP contribution in [0.4, 0.5) is 4.79 Å². The third kappa shape index (κ3) is 3.74. The molecule has 0 spiro atoms. The van der Waals surface area contributed by atoms with E-state index in [9.17, 15) is 9.59 Å². The van der Waals surface area contributed by atoms with Crippen LogP contribution in [-0.4, -0.2) is 28.9 Å². The lowest BCUT2D eigenvalue weighted by Crippen LogP contribution is -2.53. The summed E-state index contributed by atoms with van der Waals surface area (Å²) in [5.41, 5.74) is 0.621. The summed E-state index contributed by atoms with van der Waals surface area (Å²) in [6.45, 7) is 12.5. The average Bonchev–Trinajstić information content (AvgIpc) is 2.77. The number of rotatable bonds is 2. The first-order valence-electron chi connectivity index (χ1n) is 8.18. The predicted molar refractivity (Wildman–Crippen MR) is 92.0 cm³/mol. The zero-order valence-electron chi connectivity index (χ0n) is 15.0. The highest BCUT2D eigenvalue weighted by atomic mass is 16.2. The van der Waals surface area contributed by atoms with Crippen LogP contribution in [0.3, 0.4) is 0 Å². The number of benzene rings is 1. The van der Waals surface area contributed by atoms with Crippen LogP contribution < -0.4 is 5.32 Å². The maximum Gasteiger partial charge on any atom is 0.324 e. The number of carbonyl (C=O) groups is 2. The Morgan fingerprint density at radius 1 is 1.04 bits per heavy atom. The van der Waals surface area contributed by atoms with Crippen molar-refractivity contribution in [1.82, 2.24) is 10.2 Å². The fourth-order valence-corrected chi connectivity index (χ4v) is 3.26. The Hall–Kier alpha value is -1.84. The van der Waals surface area contributed by atoms with Crippen LogP contribution in [0.2, 0.25) is 0 Å². The number of nitrogens with zero attached hydrogens (tertiary/aromatic N) is 1. The molecule has 4 nitrogen and oxygen atoms in total. The van der Waals surface area contributed by atoms with E-state index in [1.54, 1.807) is 0 Å². The van der Waals surface area contributed by atoms with Crippen molar-refractivity contribution in [2.75, 3.05) is 0 Å². The van der Waals surface area contributed by atoms with Gasteiger partial charge in [-0.15, -0.1) is 0 Å². The zero-order valence-corrected chi connectivity index (χ0v) is 15.0. The first-order chi connectivity index (χ1) is 10.5. The lowest BCUT2D eigenvalue weighted by Gasteiger charge is -2.40. The number of nitrogens with one attached hydrogen (secondary N) is 1. The molecular weight excluding hydrogens is 288 g/mol. The molecule has 0 radical (unpaired) electrons. The van der Waals surface area contributed by atoms with Gasteiger partial charge in [-0.1, -0.05) is 71.9 Å². The molecule has 1 aromatic carbocycles. The second-order valence-electron chi connectivity index (χ2n) is 8.53. The molecule has 3 amide bonds. The van der Waals surface area contributed by atoms with E-state index in [0.29, 0.717) is 0 Å². The van der Waals surface area contributed by atoms with Crippen molar-refractivity contribution in [2.24, 2.45) is 10.8 Å². The minimum absolute atomic E-state index is 0.0604. The first kappa shape index (κ1) is 17.5. The Labute approximate surface area is 139 Å². The second-order valence-corrected chi connectivity index (χ2v) is 8.53. The van der Waals surface area contributed by atoms with Crippen LogP contribution in [0, 0.1) is 10.8 Å². The van der Waals surface area contributed by atoms with E-state index in [2.05, 4.69) is 46.9 Å². The molecule has 1 N–H and O–H groups in total. The second kappa shape index (κ2) is 5.99. The molecule has 1 aliphatic rings. The van der Waals surface area contributed by atoms with Crippen LogP contribution in [-0.2, 0) is 11.2 Å². The van der Waals surface area contributed by atoms with E-state index in [-0.39, 0.29) is 41.3 Å². The SMILES string of the molecule is CC(C)(C)[C@@H]1NC(=O)N(C(=O)Cc2ccccc2)[C@H]1C(C)(C)C. The Balaban J connectivity index is 2.31. The van der Waals surface area contributed by atoms with Crippen molar-refractivity contribution in [3.8, 4) is 0 Å². The lowest BCUT2D eigenvalue weighted by molar-refractivity contribution is -0.130. The van der Waals surface area contributed by atoms with Gasteiger partial charge in [0.1, 0.15) is 0 Å². The third-order valence-electron chi connectivity index (χ3n) is 4.38. The van der Waals surface area contributed by atoms with Crippen molar-refractivity contribution in [2.45, 2.75) is 60.0 Å². The number of hydrogen-bond donors (Lipinski definition) is 1. The molecule has 2 atom stereocenters. The molecule has 1 saturated heterocycles. The maximum absolute atomic E-state index is 12.8. The molecule has 1 fully saturated rings. The Morgan fingerprint density at radius 3 is 2.09 bits per heavy atom. The Kier molecular flexibility index (Phi) is 4.56. The van der Waals surface area contributed by atoms with Gasteiger partial charge in [0, 0.05) is 0 Å². The highest BCUT2D eigenvalue weighted by Crippen LogP contribution is 2.38. The average molecular weight is 316 g/mol. The molecule has 126 valence electrons. The van der Waals surface area contributed by atoms with Crippen molar-refractivity contribution in [1.29, 1.82) is 0 Å². The normalized spacial score (nSPS) is 22.2. The van der Waals surface area contributed by atoms with Gasteiger partial charge in [0.05, 0.1) is 18.5 Å². The summed E-state index contributed by atoms with van der Waals surface area (Å²) in [7, 11) is 0. The molecule has 1 aliphatic heterocycles. The molecule has 0 saturated carbocycles. The van der Waals surface area contributed by atoms with E-state index in [4.69, 9.17) is 0 Å². The highest BCUT2D eigenvalue weighted by molar-refractivity contribution is 5.97. The van der Waals surface area contributed by atoms with Gasteiger partial charge in [-0.25, -0.2) is 4.79 Å². The largest absolute Gasteiger partial charge is 0.332 e. The van der Waals surface area contributed by atoms with Crippen molar-refractivity contribution in [3.63, 3.8) is 0 Å². The van der Waals surface area contributed by atoms with E-state index in [1.807, 2.05) is 30.3 Å². The fraction of sp³-hybridized carbons (Fsp3) is 0.579. The predicted octanol–water partition coefficient (Wildman–Crippen LogP) is 3.61. The Bertz CT molecular complexity index is 582. The van der Waals surface area contributed by atoms with Gasteiger partial charge < -0.3 is 5.32 Å². The zero-order chi connectivity index (χ0) is 17.4. The van der Waals surface area contributed by atoms with Gasteiger partial charge in [-0.05, 0) is 16.4 Å². The molecule has 23 heavy (non-hydrogen) atoms. The van der Waals surface area contributed by atoms with Gasteiger partial charge in [0.15, 0.2) is 0 Å². The molecule has 0 bridgehead atoms. The molecule has 1 aromatic rings. The van der Waals surface area contributed by atoms with Crippen LogP contribution in [0.5, 0.6) is 0 Å². The van der Waals surface area contributed by atoms with Gasteiger partial charge in [0.25, 0.3) is 0 Å². The number of hydrogen-bond acceptors (Lipinski definition) is 2. The van der Waals surface area contributed by atoms with Gasteiger partial charge in [-0.2, -0.15) is 0 Å². The topological polar surface area (TPSA) is 49.4 Å². The lowest BCUT2D eigenvalue weighted by atomic mass is 9.73. The number of amides is 3.